The average molecular weight is 547 g/mol. The van der Waals surface area contributed by atoms with Crippen LogP contribution in [0.25, 0.3) is 16.0 Å². The largest absolute Gasteiger partial charge is 0.507 e. The van der Waals surface area contributed by atoms with E-state index in [9.17, 15) is 14.7 Å². The molecule has 192 valence electrons. The van der Waals surface area contributed by atoms with E-state index in [1.54, 1.807) is 36.4 Å². The first-order valence-electron chi connectivity index (χ1n) is 12.2. The molecule has 2 aliphatic rings. The summed E-state index contributed by atoms with van der Waals surface area (Å²) in [5.74, 6) is -0.358. The first-order valence-corrected chi connectivity index (χ1v) is 13.4. The van der Waals surface area contributed by atoms with Gasteiger partial charge in [0.2, 0.25) is 0 Å². The van der Waals surface area contributed by atoms with Crippen LogP contribution in [0, 0.1) is 0 Å². The summed E-state index contributed by atoms with van der Waals surface area (Å²) in [6.45, 7) is 4.40. The van der Waals surface area contributed by atoms with Gasteiger partial charge in [-0.3, -0.25) is 14.5 Å². The van der Waals surface area contributed by atoms with Crippen LogP contribution in [0.3, 0.4) is 0 Å². The van der Waals surface area contributed by atoms with E-state index >= 15 is 0 Å². The van der Waals surface area contributed by atoms with E-state index in [0.29, 0.717) is 45.6 Å². The van der Waals surface area contributed by atoms with Crippen molar-refractivity contribution in [1.29, 1.82) is 0 Å². The van der Waals surface area contributed by atoms with Crippen LogP contribution in [0.4, 0.5) is 5.13 Å². The number of aliphatic hydroxyl groups excluding tert-OH is 1. The molecule has 3 heterocycles. The number of thiazole rings is 1. The quantitative estimate of drug-likeness (QED) is 0.179. The number of amides is 1. The third kappa shape index (κ3) is 4.10. The highest BCUT2D eigenvalue weighted by atomic mass is 35.5. The summed E-state index contributed by atoms with van der Waals surface area (Å²) in [5, 5.41) is 12.3. The lowest BCUT2D eigenvalue weighted by atomic mass is 9.94. The van der Waals surface area contributed by atoms with Crippen molar-refractivity contribution in [3.8, 4) is 11.5 Å². The summed E-state index contributed by atoms with van der Waals surface area (Å²) in [6, 6.07) is 16.8. The highest BCUT2D eigenvalue weighted by Crippen LogP contribution is 2.45. The number of halogens is 1. The van der Waals surface area contributed by atoms with Gasteiger partial charge in [-0.2, -0.15) is 0 Å². The Labute approximate surface area is 227 Å². The fraction of sp³-hybridized carbons (Fsp3) is 0.207. The van der Waals surface area contributed by atoms with Crippen molar-refractivity contribution in [2.24, 2.45) is 0 Å². The molecular formula is C29H23ClN2O5S. The molecule has 7 nitrogen and oxygen atoms in total. The molecule has 9 heteroatoms. The van der Waals surface area contributed by atoms with Gasteiger partial charge in [0, 0.05) is 17.0 Å². The molecule has 1 aromatic heterocycles. The Bertz CT molecular complexity index is 1650. The van der Waals surface area contributed by atoms with Crippen LogP contribution in [0.1, 0.15) is 36.6 Å². The normalized spacial score (nSPS) is 20.1. The number of aliphatic hydroxyl groups is 1. The molecule has 2 aliphatic heterocycles. The van der Waals surface area contributed by atoms with E-state index in [1.165, 1.54) is 16.2 Å². The molecule has 0 unspecified atom stereocenters. The van der Waals surface area contributed by atoms with Crippen molar-refractivity contribution in [2.75, 3.05) is 11.5 Å². The van der Waals surface area contributed by atoms with Crippen molar-refractivity contribution >= 4 is 55.7 Å². The van der Waals surface area contributed by atoms with Crippen LogP contribution >= 0.6 is 22.9 Å². The van der Waals surface area contributed by atoms with Gasteiger partial charge in [-0.1, -0.05) is 35.1 Å². The Balaban J connectivity index is 1.51. The second-order valence-electron chi connectivity index (χ2n) is 9.24. The summed E-state index contributed by atoms with van der Waals surface area (Å²) in [5.41, 5.74) is 2.63. The van der Waals surface area contributed by atoms with E-state index in [1.807, 2.05) is 38.1 Å². The second kappa shape index (κ2) is 9.45. The highest BCUT2D eigenvalue weighted by Gasteiger charge is 2.48. The zero-order valence-corrected chi connectivity index (χ0v) is 22.2. The number of fused-ring (bicyclic) bond motifs is 2. The number of rotatable bonds is 5. The maximum absolute atomic E-state index is 13.5. The van der Waals surface area contributed by atoms with E-state index in [-0.39, 0.29) is 17.4 Å². The number of hydrogen-bond donors (Lipinski definition) is 1. The molecule has 1 fully saturated rings. The molecule has 2 atom stereocenters. The number of ether oxygens (including phenoxy) is 2. The number of aromatic nitrogens is 1. The summed E-state index contributed by atoms with van der Waals surface area (Å²) >= 11 is 7.59. The van der Waals surface area contributed by atoms with Gasteiger partial charge in [0.25, 0.3) is 5.78 Å². The van der Waals surface area contributed by atoms with Crippen LogP contribution in [-0.4, -0.2) is 34.5 Å². The molecule has 0 aliphatic carbocycles. The first-order chi connectivity index (χ1) is 18.3. The Morgan fingerprint density at radius 2 is 2.03 bits per heavy atom. The lowest BCUT2D eigenvalue weighted by molar-refractivity contribution is -0.132. The standard InChI is InChI=1S/C29H23ClN2O5S/c1-3-36-20-8-9-21-23(14-20)38-29(31-21)32-25(16-5-4-6-19(30)13-16)24(27(34)28(32)35)26(33)17-7-10-22-18(12-17)11-15(2)37-22/h4-10,12-15,25,33H,3,11H2,1-2H3/t15-,25-/m1/s1. The second-order valence-corrected chi connectivity index (χ2v) is 10.7. The summed E-state index contributed by atoms with van der Waals surface area (Å²) < 4.78 is 12.2. The minimum Gasteiger partial charge on any atom is -0.507 e. The number of ketones is 1. The van der Waals surface area contributed by atoms with Gasteiger partial charge in [0.1, 0.15) is 23.4 Å². The average Bonchev–Trinajstić information content (AvgIpc) is 3.56. The van der Waals surface area contributed by atoms with Gasteiger partial charge < -0.3 is 14.6 Å². The Kier molecular flexibility index (Phi) is 6.08. The highest BCUT2D eigenvalue weighted by molar-refractivity contribution is 7.22. The van der Waals surface area contributed by atoms with E-state index in [2.05, 4.69) is 4.98 Å². The minimum absolute atomic E-state index is 0.0153. The Morgan fingerprint density at radius 3 is 2.82 bits per heavy atom. The lowest BCUT2D eigenvalue weighted by Crippen LogP contribution is -2.29. The zero-order chi connectivity index (χ0) is 26.6. The molecule has 3 aromatic carbocycles. The molecule has 1 N–H and O–H groups in total. The Morgan fingerprint density at radius 1 is 1.18 bits per heavy atom. The lowest BCUT2D eigenvalue weighted by Gasteiger charge is -2.23. The van der Waals surface area contributed by atoms with Gasteiger partial charge in [0.15, 0.2) is 5.13 Å². The monoisotopic (exact) mass is 546 g/mol. The number of nitrogens with zero attached hydrogens (tertiary/aromatic N) is 2. The van der Waals surface area contributed by atoms with Gasteiger partial charge in [-0.25, -0.2) is 4.98 Å². The van der Waals surface area contributed by atoms with Gasteiger partial charge in [0.05, 0.1) is 28.4 Å². The number of hydrogen-bond acceptors (Lipinski definition) is 7. The summed E-state index contributed by atoms with van der Waals surface area (Å²) in [6.07, 6.45) is 0.722. The van der Waals surface area contributed by atoms with E-state index in [4.69, 9.17) is 21.1 Å². The maximum atomic E-state index is 13.5. The van der Waals surface area contributed by atoms with Crippen LogP contribution in [-0.2, 0) is 16.0 Å². The predicted molar refractivity (Wildman–Crippen MR) is 147 cm³/mol. The van der Waals surface area contributed by atoms with E-state index < -0.39 is 17.7 Å². The number of anilines is 1. The summed E-state index contributed by atoms with van der Waals surface area (Å²) in [7, 11) is 0. The molecule has 0 radical (unpaired) electrons. The SMILES string of the molecule is CCOc1ccc2nc(N3C(=O)C(=O)C(=C(O)c4ccc5c(c4)C[C@@H](C)O5)[C@H]3c3cccc(Cl)c3)sc2c1. The fourth-order valence-electron chi connectivity index (χ4n) is 5.00. The molecule has 0 saturated carbocycles. The Hall–Kier alpha value is -3.88. The van der Waals surface area contributed by atoms with Gasteiger partial charge in [-0.05, 0) is 73.5 Å². The zero-order valence-electron chi connectivity index (χ0n) is 20.6. The number of benzene rings is 3. The van der Waals surface area contributed by atoms with Crippen LogP contribution < -0.4 is 14.4 Å². The molecule has 1 amide bonds. The molecule has 0 spiro atoms. The molecule has 4 aromatic rings. The van der Waals surface area contributed by atoms with Crippen LogP contribution in [0.15, 0.2) is 66.2 Å². The van der Waals surface area contributed by atoms with Crippen molar-refractivity contribution in [2.45, 2.75) is 32.4 Å². The predicted octanol–water partition coefficient (Wildman–Crippen LogP) is 6.30. The smallest absolute Gasteiger partial charge is 0.301 e. The van der Waals surface area contributed by atoms with Crippen molar-refractivity contribution < 1.29 is 24.2 Å². The van der Waals surface area contributed by atoms with E-state index in [0.717, 1.165) is 16.0 Å². The molecule has 1 saturated heterocycles. The number of Topliss-reactive ketones (excluding diaryl/α,β-unsaturated/α-hetero) is 1. The van der Waals surface area contributed by atoms with Crippen molar-refractivity contribution in [3.63, 3.8) is 0 Å². The van der Waals surface area contributed by atoms with Gasteiger partial charge in [-0.15, -0.1) is 0 Å². The molecular weight excluding hydrogens is 524 g/mol. The maximum Gasteiger partial charge on any atom is 0.301 e. The number of carbonyl (C=O) groups excluding carboxylic acids is 2. The fourth-order valence-corrected chi connectivity index (χ4v) is 6.22. The van der Waals surface area contributed by atoms with Crippen LogP contribution in [0.2, 0.25) is 5.02 Å². The summed E-state index contributed by atoms with van der Waals surface area (Å²) in [4.78, 5) is 33.0. The van der Waals surface area contributed by atoms with Crippen molar-refractivity contribution in [3.05, 3.63) is 87.9 Å². The third-order valence-corrected chi connectivity index (χ3v) is 7.90. The third-order valence-electron chi connectivity index (χ3n) is 6.64. The topological polar surface area (TPSA) is 89.0 Å². The van der Waals surface area contributed by atoms with Gasteiger partial charge >= 0.3 is 5.91 Å². The molecule has 6 rings (SSSR count). The van der Waals surface area contributed by atoms with Crippen molar-refractivity contribution in [1.82, 2.24) is 4.98 Å². The first kappa shape index (κ1) is 24.5. The van der Waals surface area contributed by atoms with Crippen LogP contribution in [0.5, 0.6) is 11.5 Å². The minimum atomic E-state index is -0.913. The molecule has 0 bridgehead atoms. The number of carbonyl (C=O) groups is 2. The molecule has 38 heavy (non-hydrogen) atoms.